The third-order valence-corrected chi connectivity index (χ3v) is 2.16. The van der Waals surface area contributed by atoms with Crippen molar-refractivity contribution in [3.8, 4) is 16.9 Å². The highest BCUT2D eigenvalue weighted by molar-refractivity contribution is 5.79. The Morgan fingerprint density at radius 1 is 0.786 bits per heavy atom. The van der Waals surface area contributed by atoms with Gasteiger partial charge in [0.15, 0.2) is 0 Å². The molecule has 0 amide bonds. The fourth-order valence-electron chi connectivity index (χ4n) is 1.44. The number of hydrogen-bond donors (Lipinski definition) is 2. The first-order chi connectivity index (χ1) is 6.79. The van der Waals surface area contributed by atoms with Crippen LogP contribution in [0.1, 0.15) is 0 Å². The first-order valence-electron chi connectivity index (χ1n) is 4.42. The maximum atomic E-state index is 9.63. The second-order valence-corrected chi connectivity index (χ2v) is 3.10. The van der Waals surface area contributed by atoms with E-state index in [1.807, 2.05) is 36.4 Å². The summed E-state index contributed by atoms with van der Waals surface area (Å²) in [4.78, 5) is 0. The molecule has 2 nitrogen and oxygen atoms in total. The number of hydrogen-bond acceptors (Lipinski definition) is 2. The lowest BCUT2D eigenvalue weighted by atomic mass is 10.0. The highest BCUT2D eigenvalue weighted by Crippen LogP contribution is 2.32. The monoisotopic (exact) mass is 185 g/mol. The number of anilines is 1. The summed E-state index contributed by atoms with van der Waals surface area (Å²) in [6, 6.07) is 14.7. The van der Waals surface area contributed by atoms with Crippen molar-refractivity contribution >= 4 is 5.69 Å². The number of phenols is 1. The van der Waals surface area contributed by atoms with Gasteiger partial charge in [0.25, 0.3) is 0 Å². The van der Waals surface area contributed by atoms with Crippen LogP contribution in [-0.4, -0.2) is 5.11 Å². The summed E-state index contributed by atoms with van der Waals surface area (Å²) >= 11 is 0. The molecular weight excluding hydrogens is 174 g/mol. The number of rotatable bonds is 1. The second-order valence-electron chi connectivity index (χ2n) is 3.10. The Hall–Kier alpha value is -1.96. The molecule has 2 aromatic rings. The van der Waals surface area contributed by atoms with Crippen molar-refractivity contribution in [2.75, 3.05) is 5.73 Å². The van der Waals surface area contributed by atoms with Crippen molar-refractivity contribution in [1.29, 1.82) is 0 Å². The van der Waals surface area contributed by atoms with Gasteiger partial charge < -0.3 is 10.8 Å². The zero-order valence-electron chi connectivity index (χ0n) is 7.64. The molecule has 0 aliphatic heterocycles. The van der Waals surface area contributed by atoms with E-state index in [0.717, 1.165) is 11.1 Å². The molecule has 0 aromatic heterocycles. The Labute approximate surface area is 82.6 Å². The molecule has 0 atom stereocenters. The highest BCUT2D eigenvalue weighted by atomic mass is 16.3. The molecule has 0 saturated carbocycles. The lowest BCUT2D eigenvalue weighted by Crippen LogP contribution is -1.89. The van der Waals surface area contributed by atoms with Crippen molar-refractivity contribution < 1.29 is 5.11 Å². The normalized spacial score (nSPS) is 10.0. The van der Waals surface area contributed by atoms with Gasteiger partial charge in [-0.05, 0) is 12.1 Å². The van der Waals surface area contributed by atoms with Crippen LogP contribution >= 0.6 is 0 Å². The minimum Gasteiger partial charge on any atom is -0.507 e. The van der Waals surface area contributed by atoms with E-state index in [1.54, 1.807) is 12.1 Å². The molecule has 0 spiro atoms. The van der Waals surface area contributed by atoms with Crippen molar-refractivity contribution in [1.82, 2.24) is 0 Å². The van der Waals surface area contributed by atoms with Gasteiger partial charge in [-0.25, -0.2) is 0 Å². The molecule has 2 rings (SSSR count). The van der Waals surface area contributed by atoms with E-state index in [2.05, 4.69) is 0 Å². The Morgan fingerprint density at radius 3 is 2.00 bits per heavy atom. The van der Waals surface area contributed by atoms with Gasteiger partial charge in [-0.1, -0.05) is 36.4 Å². The highest BCUT2D eigenvalue weighted by Gasteiger charge is 2.04. The van der Waals surface area contributed by atoms with Crippen LogP contribution in [0.25, 0.3) is 11.1 Å². The predicted molar refractivity (Wildman–Crippen MR) is 58.0 cm³/mol. The number of para-hydroxylation sites is 2. The van der Waals surface area contributed by atoms with Crippen LogP contribution in [0, 0.1) is 0 Å². The molecule has 70 valence electrons. The number of nitrogen functional groups attached to an aromatic ring is 1. The summed E-state index contributed by atoms with van der Waals surface area (Å²) in [6.45, 7) is 0. The molecular formula is C12H11NO. The Kier molecular flexibility index (Phi) is 2.11. The molecule has 0 bridgehead atoms. The number of aromatic hydroxyl groups is 1. The number of nitrogens with two attached hydrogens (primary N) is 1. The quantitative estimate of drug-likeness (QED) is 0.671. The molecule has 3 N–H and O–H groups in total. The lowest BCUT2D eigenvalue weighted by Gasteiger charge is -2.06. The van der Waals surface area contributed by atoms with E-state index >= 15 is 0 Å². The van der Waals surface area contributed by atoms with Crippen molar-refractivity contribution in [3.63, 3.8) is 0 Å². The van der Waals surface area contributed by atoms with Gasteiger partial charge in [0, 0.05) is 16.8 Å². The van der Waals surface area contributed by atoms with E-state index in [1.165, 1.54) is 0 Å². The van der Waals surface area contributed by atoms with Gasteiger partial charge in [-0.3, -0.25) is 0 Å². The molecule has 0 aliphatic rings. The van der Waals surface area contributed by atoms with Crippen LogP contribution < -0.4 is 5.73 Å². The van der Waals surface area contributed by atoms with Gasteiger partial charge in [-0.2, -0.15) is 0 Å². The van der Waals surface area contributed by atoms with Crippen molar-refractivity contribution in [3.05, 3.63) is 48.5 Å². The first-order valence-corrected chi connectivity index (χ1v) is 4.42. The molecule has 0 unspecified atom stereocenters. The average Bonchev–Trinajstić information content (AvgIpc) is 2.20. The summed E-state index contributed by atoms with van der Waals surface area (Å²) in [5, 5.41) is 9.63. The average molecular weight is 185 g/mol. The minimum absolute atomic E-state index is 0.255. The van der Waals surface area contributed by atoms with E-state index < -0.39 is 0 Å². The van der Waals surface area contributed by atoms with Crippen LogP contribution in [0.5, 0.6) is 5.75 Å². The van der Waals surface area contributed by atoms with Gasteiger partial charge >= 0.3 is 0 Å². The minimum atomic E-state index is 0.255. The summed E-state index contributed by atoms with van der Waals surface area (Å²) < 4.78 is 0. The molecule has 0 heterocycles. The zero-order chi connectivity index (χ0) is 9.97. The summed E-state index contributed by atoms with van der Waals surface area (Å²) in [5.41, 5.74) is 8.12. The molecule has 14 heavy (non-hydrogen) atoms. The summed E-state index contributed by atoms with van der Waals surface area (Å²) in [7, 11) is 0. The smallest absolute Gasteiger partial charge is 0.123 e. The van der Waals surface area contributed by atoms with E-state index in [-0.39, 0.29) is 5.75 Å². The largest absolute Gasteiger partial charge is 0.507 e. The third kappa shape index (κ3) is 1.42. The van der Waals surface area contributed by atoms with Crippen molar-refractivity contribution in [2.45, 2.75) is 0 Å². The Bertz CT molecular complexity index is 408. The fourth-order valence-corrected chi connectivity index (χ4v) is 1.44. The van der Waals surface area contributed by atoms with Gasteiger partial charge in [0.05, 0.1) is 0 Å². The van der Waals surface area contributed by atoms with Gasteiger partial charge in [-0.15, -0.1) is 0 Å². The van der Waals surface area contributed by atoms with E-state index in [4.69, 9.17) is 5.73 Å². The standard InChI is InChI=1S/C12H11NO/c13-11-7-3-1-5-9(11)10-6-2-4-8-12(10)14/h1-8,14H,13H2. The van der Waals surface area contributed by atoms with Crippen LogP contribution in [-0.2, 0) is 0 Å². The lowest BCUT2D eigenvalue weighted by molar-refractivity contribution is 0.477. The number of benzene rings is 2. The van der Waals surface area contributed by atoms with Crippen molar-refractivity contribution in [2.24, 2.45) is 0 Å². The topological polar surface area (TPSA) is 46.2 Å². The van der Waals surface area contributed by atoms with Gasteiger partial charge in [0.2, 0.25) is 0 Å². The van der Waals surface area contributed by atoms with Gasteiger partial charge in [0.1, 0.15) is 5.75 Å². The fraction of sp³-hybridized carbons (Fsp3) is 0. The molecule has 0 aliphatic carbocycles. The van der Waals surface area contributed by atoms with E-state index in [0.29, 0.717) is 5.69 Å². The summed E-state index contributed by atoms with van der Waals surface area (Å²) in [6.07, 6.45) is 0. The Morgan fingerprint density at radius 2 is 1.36 bits per heavy atom. The van der Waals surface area contributed by atoms with Crippen LogP contribution in [0.2, 0.25) is 0 Å². The molecule has 0 fully saturated rings. The molecule has 2 heteroatoms. The maximum Gasteiger partial charge on any atom is 0.123 e. The SMILES string of the molecule is Nc1ccccc1-c1ccccc1O. The Balaban J connectivity index is 2.61. The number of phenolic OH excluding ortho intramolecular Hbond substituents is 1. The third-order valence-electron chi connectivity index (χ3n) is 2.16. The van der Waals surface area contributed by atoms with E-state index in [9.17, 15) is 5.11 Å². The summed E-state index contributed by atoms with van der Waals surface area (Å²) in [5.74, 6) is 0.255. The zero-order valence-corrected chi connectivity index (χ0v) is 7.64. The predicted octanol–water partition coefficient (Wildman–Crippen LogP) is 2.64. The van der Waals surface area contributed by atoms with Crippen LogP contribution in [0.3, 0.4) is 0 Å². The van der Waals surface area contributed by atoms with Crippen LogP contribution in [0.4, 0.5) is 5.69 Å². The second kappa shape index (κ2) is 3.42. The molecule has 0 saturated heterocycles. The van der Waals surface area contributed by atoms with Crippen LogP contribution in [0.15, 0.2) is 48.5 Å². The maximum absolute atomic E-state index is 9.63. The first kappa shape index (κ1) is 8.63. The molecule has 0 radical (unpaired) electrons. The molecule has 2 aromatic carbocycles.